The van der Waals surface area contributed by atoms with Crippen molar-refractivity contribution in [3.8, 4) is 11.3 Å². The predicted octanol–water partition coefficient (Wildman–Crippen LogP) is 4.24. The highest BCUT2D eigenvalue weighted by atomic mass is 19.1. The van der Waals surface area contributed by atoms with Crippen molar-refractivity contribution in [2.75, 3.05) is 13.1 Å². The average Bonchev–Trinajstić information content (AvgIpc) is 3.16. The molecule has 170 valence electrons. The number of benzene rings is 1. The van der Waals surface area contributed by atoms with E-state index < -0.39 is 5.54 Å². The molecule has 0 saturated carbocycles. The minimum Gasteiger partial charge on any atom is -0.327 e. The van der Waals surface area contributed by atoms with Crippen LogP contribution in [0.25, 0.3) is 11.3 Å². The predicted molar refractivity (Wildman–Crippen MR) is 124 cm³/mol. The number of carbonyl (C=O) groups is 1. The molecule has 1 aliphatic rings. The lowest BCUT2D eigenvalue weighted by molar-refractivity contribution is -0.137. The summed E-state index contributed by atoms with van der Waals surface area (Å²) in [7, 11) is 0. The summed E-state index contributed by atoms with van der Waals surface area (Å²) in [5.74, 6) is 0.769. The van der Waals surface area contributed by atoms with E-state index in [2.05, 4.69) is 23.4 Å². The first-order chi connectivity index (χ1) is 15.2. The second kappa shape index (κ2) is 9.61. The van der Waals surface area contributed by atoms with Crippen LogP contribution in [0, 0.1) is 12.7 Å². The molecule has 1 aromatic carbocycles. The first kappa shape index (κ1) is 23.6. The Hall–Kier alpha value is -3.06. The molecule has 0 atom stereocenters. The van der Waals surface area contributed by atoms with Gasteiger partial charge in [-0.25, -0.2) is 9.37 Å². The lowest BCUT2D eigenvalue weighted by Gasteiger charge is -2.42. The molecule has 7 heteroatoms. The molecule has 0 bridgehead atoms. The first-order valence-electron chi connectivity index (χ1n) is 10.9. The SMILES string of the molecule is CC(C)c1c(-c2ccc(F)cc2)nc2n1CCN(C(=O)CN)C2(C)C.Cc1ccccn1. The third-order valence-electron chi connectivity index (χ3n) is 5.73. The lowest BCUT2D eigenvalue weighted by Crippen LogP contribution is -2.53. The largest absolute Gasteiger partial charge is 0.327 e. The van der Waals surface area contributed by atoms with E-state index in [-0.39, 0.29) is 24.2 Å². The van der Waals surface area contributed by atoms with Crippen molar-refractivity contribution in [3.63, 3.8) is 0 Å². The number of fused-ring (bicyclic) bond motifs is 1. The van der Waals surface area contributed by atoms with Crippen molar-refractivity contribution in [1.29, 1.82) is 0 Å². The molecule has 0 radical (unpaired) electrons. The van der Waals surface area contributed by atoms with Gasteiger partial charge < -0.3 is 15.2 Å². The fraction of sp³-hybridized carbons (Fsp3) is 0.400. The van der Waals surface area contributed by atoms with Gasteiger partial charge in [-0.2, -0.15) is 0 Å². The van der Waals surface area contributed by atoms with Crippen molar-refractivity contribution >= 4 is 5.91 Å². The van der Waals surface area contributed by atoms with Crippen LogP contribution in [-0.4, -0.2) is 38.4 Å². The number of aromatic nitrogens is 3. The van der Waals surface area contributed by atoms with Gasteiger partial charge >= 0.3 is 0 Å². The molecule has 32 heavy (non-hydrogen) atoms. The number of nitrogens with zero attached hydrogens (tertiary/aromatic N) is 4. The highest BCUT2D eigenvalue weighted by molar-refractivity contribution is 5.79. The normalized spacial score (nSPS) is 14.6. The number of halogens is 1. The number of hydrogen-bond acceptors (Lipinski definition) is 4. The maximum Gasteiger partial charge on any atom is 0.237 e. The van der Waals surface area contributed by atoms with Crippen molar-refractivity contribution in [3.05, 3.63) is 71.7 Å². The van der Waals surface area contributed by atoms with Gasteiger partial charge in [-0.05, 0) is 63.1 Å². The van der Waals surface area contributed by atoms with Crippen LogP contribution in [0.1, 0.15) is 50.8 Å². The number of nitrogens with two attached hydrogens (primary N) is 1. The van der Waals surface area contributed by atoms with E-state index in [9.17, 15) is 9.18 Å². The number of pyridine rings is 1. The molecule has 2 aromatic heterocycles. The van der Waals surface area contributed by atoms with Gasteiger partial charge in [0.2, 0.25) is 5.91 Å². The van der Waals surface area contributed by atoms with Crippen LogP contribution >= 0.6 is 0 Å². The van der Waals surface area contributed by atoms with E-state index in [1.54, 1.807) is 23.2 Å². The van der Waals surface area contributed by atoms with Crippen LogP contribution in [-0.2, 0) is 16.9 Å². The van der Waals surface area contributed by atoms with Crippen LogP contribution in [0.2, 0.25) is 0 Å². The van der Waals surface area contributed by atoms with E-state index in [0.717, 1.165) is 28.5 Å². The van der Waals surface area contributed by atoms with Crippen molar-refractivity contribution in [2.24, 2.45) is 5.73 Å². The number of carbonyl (C=O) groups excluding carboxylic acids is 1. The summed E-state index contributed by atoms with van der Waals surface area (Å²) in [5.41, 5.74) is 8.97. The molecule has 1 amide bonds. The van der Waals surface area contributed by atoms with E-state index in [1.165, 1.54) is 12.1 Å². The fourth-order valence-corrected chi connectivity index (χ4v) is 4.16. The lowest BCUT2D eigenvalue weighted by atomic mass is 9.98. The van der Waals surface area contributed by atoms with E-state index in [4.69, 9.17) is 10.7 Å². The maximum atomic E-state index is 13.3. The molecule has 0 saturated heterocycles. The molecular weight excluding hydrogens is 405 g/mol. The first-order valence-corrected chi connectivity index (χ1v) is 10.9. The summed E-state index contributed by atoms with van der Waals surface area (Å²) in [6.07, 6.45) is 1.79. The summed E-state index contributed by atoms with van der Waals surface area (Å²) in [6.45, 7) is 11.5. The fourth-order valence-electron chi connectivity index (χ4n) is 4.16. The topological polar surface area (TPSA) is 77.0 Å². The van der Waals surface area contributed by atoms with Crippen molar-refractivity contribution in [1.82, 2.24) is 19.4 Å². The van der Waals surface area contributed by atoms with Gasteiger partial charge in [0.25, 0.3) is 0 Å². The van der Waals surface area contributed by atoms with E-state index >= 15 is 0 Å². The van der Waals surface area contributed by atoms with Crippen molar-refractivity contribution < 1.29 is 9.18 Å². The second-order valence-electron chi connectivity index (χ2n) is 8.76. The maximum absolute atomic E-state index is 13.3. The van der Waals surface area contributed by atoms with Gasteiger partial charge in [0, 0.05) is 36.2 Å². The van der Waals surface area contributed by atoms with Gasteiger partial charge in [-0.15, -0.1) is 0 Å². The van der Waals surface area contributed by atoms with Crippen LogP contribution < -0.4 is 5.73 Å². The molecule has 0 aliphatic carbocycles. The number of aryl methyl sites for hydroxylation is 1. The minimum absolute atomic E-state index is 0.00794. The summed E-state index contributed by atoms with van der Waals surface area (Å²) in [4.78, 5) is 22.9. The molecule has 6 nitrogen and oxygen atoms in total. The Kier molecular flexibility index (Phi) is 7.09. The van der Waals surface area contributed by atoms with Crippen LogP contribution in [0.15, 0.2) is 48.7 Å². The number of rotatable bonds is 3. The van der Waals surface area contributed by atoms with Gasteiger partial charge in [-0.3, -0.25) is 9.78 Å². The Balaban J connectivity index is 0.000000352. The number of hydrogen-bond donors (Lipinski definition) is 1. The molecule has 4 rings (SSSR count). The molecule has 3 heterocycles. The molecule has 0 unspecified atom stereocenters. The highest BCUT2D eigenvalue weighted by Crippen LogP contribution is 2.38. The summed E-state index contributed by atoms with van der Waals surface area (Å²) in [5, 5.41) is 0. The molecule has 1 aliphatic heterocycles. The minimum atomic E-state index is -0.545. The van der Waals surface area contributed by atoms with Crippen LogP contribution in [0.4, 0.5) is 4.39 Å². The smallest absolute Gasteiger partial charge is 0.237 e. The second-order valence-corrected chi connectivity index (χ2v) is 8.76. The number of imidazole rings is 1. The zero-order valence-corrected chi connectivity index (χ0v) is 19.5. The Morgan fingerprint density at radius 1 is 1.16 bits per heavy atom. The monoisotopic (exact) mass is 437 g/mol. The molecule has 2 N–H and O–H groups in total. The quantitative estimate of drug-likeness (QED) is 0.665. The van der Waals surface area contributed by atoms with E-state index in [0.29, 0.717) is 13.1 Å². The van der Waals surface area contributed by atoms with Gasteiger partial charge in [0.15, 0.2) is 0 Å². The Morgan fingerprint density at radius 2 is 1.84 bits per heavy atom. The molecule has 0 fully saturated rings. The van der Waals surface area contributed by atoms with Gasteiger partial charge in [0.1, 0.15) is 11.6 Å². The van der Waals surface area contributed by atoms with E-state index in [1.807, 2.05) is 39.0 Å². The molecule has 3 aromatic rings. The van der Waals surface area contributed by atoms with Gasteiger partial charge in [-0.1, -0.05) is 19.9 Å². The Morgan fingerprint density at radius 3 is 2.34 bits per heavy atom. The highest BCUT2D eigenvalue weighted by Gasteiger charge is 2.41. The third kappa shape index (κ3) is 4.72. The average molecular weight is 438 g/mol. The Labute approximate surface area is 189 Å². The Bertz CT molecular complexity index is 1060. The van der Waals surface area contributed by atoms with Crippen molar-refractivity contribution in [2.45, 2.75) is 52.6 Å². The van der Waals surface area contributed by atoms with Gasteiger partial charge in [0.05, 0.1) is 17.8 Å². The third-order valence-corrected chi connectivity index (χ3v) is 5.73. The number of amides is 1. The summed E-state index contributed by atoms with van der Waals surface area (Å²) in [6, 6.07) is 12.3. The van der Waals surface area contributed by atoms with Crippen LogP contribution in [0.3, 0.4) is 0 Å². The zero-order chi connectivity index (χ0) is 23.5. The summed E-state index contributed by atoms with van der Waals surface area (Å²) >= 11 is 0. The molecule has 0 spiro atoms. The summed E-state index contributed by atoms with van der Waals surface area (Å²) < 4.78 is 15.5. The zero-order valence-electron chi connectivity index (χ0n) is 19.5. The standard InChI is InChI=1S/C19H25FN4O.C6H7N/c1-12(2)17-16(13-5-7-14(20)8-6-13)22-18-19(3,4)24(15(25)11-21)10-9-23(17)18;1-6-4-2-3-5-7-6/h5-8,12H,9-11,21H2,1-4H3;2-5H,1H3. The van der Waals surface area contributed by atoms with Crippen LogP contribution in [0.5, 0.6) is 0 Å². The molecular formula is C25H32FN5O.